The Morgan fingerprint density at radius 3 is 2.62 bits per heavy atom. The first kappa shape index (κ1) is 14.2. The van der Waals surface area contributed by atoms with Crippen LogP contribution in [0.2, 0.25) is 5.02 Å². The summed E-state index contributed by atoms with van der Waals surface area (Å²) >= 11 is 6.01. The smallest absolute Gasteiger partial charge is 0.135 e. The minimum absolute atomic E-state index is 0.729. The van der Waals surface area contributed by atoms with Crippen molar-refractivity contribution in [3.8, 4) is 11.3 Å². The van der Waals surface area contributed by atoms with Crippen molar-refractivity contribution in [1.29, 1.82) is 0 Å². The predicted molar refractivity (Wildman–Crippen MR) is 88.7 cm³/mol. The van der Waals surface area contributed by atoms with Crippen molar-refractivity contribution < 1.29 is 4.42 Å². The zero-order valence-electron chi connectivity index (χ0n) is 12.0. The van der Waals surface area contributed by atoms with Crippen LogP contribution in [0.3, 0.4) is 0 Å². The lowest BCUT2D eigenvalue weighted by Crippen LogP contribution is -2.13. The van der Waals surface area contributed by atoms with Crippen molar-refractivity contribution >= 4 is 22.6 Å². The highest BCUT2D eigenvalue weighted by Gasteiger charge is 2.06. The van der Waals surface area contributed by atoms with Crippen LogP contribution in [0.1, 0.15) is 18.9 Å². The summed E-state index contributed by atoms with van der Waals surface area (Å²) in [6.07, 6.45) is 1.15. The number of hydrogen-bond donors (Lipinski definition) is 1. The summed E-state index contributed by atoms with van der Waals surface area (Å²) in [4.78, 5) is 0. The third-order valence-electron chi connectivity index (χ3n) is 3.47. The van der Waals surface area contributed by atoms with Gasteiger partial charge in [0.1, 0.15) is 11.3 Å². The molecule has 0 amide bonds. The molecule has 0 saturated carbocycles. The molecule has 0 fully saturated rings. The number of hydrogen-bond acceptors (Lipinski definition) is 2. The molecule has 0 radical (unpaired) electrons. The van der Waals surface area contributed by atoms with Crippen molar-refractivity contribution in [2.45, 2.75) is 19.9 Å². The number of fused-ring (bicyclic) bond motifs is 1. The Kier molecular flexibility index (Phi) is 4.28. The van der Waals surface area contributed by atoms with Gasteiger partial charge in [-0.1, -0.05) is 42.8 Å². The van der Waals surface area contributed by atoms with Gasteiger partial charge in [-0.3, -0.25) is 0 Å². The predicted octanol–water partition coefficient (Wildman–Crippen LogP) is 5.25. The Bertz CT molecular complexity index is 731. The molecule has 3 rings (SSSR count). The maximum Gasteiger partial charge on any atom is 0.135 e. The Morgan fingerprint density at radius 1 is 1.05 bits per heavy atom. The minimum atomic E-state index is 0.729. The summed E-state index contributed by atoms with van der Waals surface area (Å²) < 4.78 is 5.87. The highest BCUT2D eigenvalue weighted by Crippen LogP contribution is 2.29. The van der Waals surface area contributed by atoms with E-state index in [1.54, 1.807) is 0 Å². The molecule has 21 heavy (non-hydrogen) atoms. The zero-order valence-corrected chi connectivity index (χ0v) is 12.8. The normalized spacial score (nSPS) is 11.1. The van der Waals surface area contributed by atoms with E-state index >= 15 is 0 Å². The molecule has 0 bridgehead atoms. The Balaban J connectivity index is 1.81. The van der Waals surface area contributed by atoms with Crippen LogP contribution in [0.15, 0.2) is 52.9 Å². The van der Waals surface area contributed by atoms with E-state index in [0.29, 0.717) is 0 Å². The Labute approximate surface area is 129 Å². The van der Waals surface area contributed by atoms with Crippen LogP contribution in [0.4, 0.5) is 0 Å². The summed E-state index contributed by atoms with van der Waals surface area (Å²) in [5.74, 6) is 0.875. The monoisotopic (exact) mass is 299 g/mol. The van der Waals surface area contributed by atoms with Crippen LogP contribution in [-0.4, -0.2) is 6.54 Å². The quantitative estimate of drug-likeness (QED) is 0.651. The van der Waals surface area contributed by atoms with Gasteiger partial charge in [0.15, 0.2) is 0 Å². The molecule has 0 aliphatic heterocycles. The summed E-state index contributed by atoms with van der Waals surface area (Å²) in [5.41, 5.74) is 3.23. The van der Waals surface area contributed by atoms with Crippen molar-refractivity contribution in [3.63, 3.8) is 0 Å². The van der Waals surface area contributed by atoms with Gasteiger partial charge in [-0.25, -0.2) is 0 Å². The maximum atomic E-state index is 6.01. The molecule has 1 heterocycles. The van der Waals surface area contributed by atoms with E-state index in [0.717, 1.165) is 46.8 Å². The van der Waals surface area contributed by atoms with Gasteiger partial charge >= 0.3 is 0 Å². The van der Waals surface area contributed by atoms with E-state index in [1.165, 1.54) is 5.56 Å². The highest BCUT2D eigenvalue weighted by atomic mass is 35.5. The molecule has 0 spiro atoms. The molecule has 3 heteroatoms. The molecule has 0 aliphatic carbocycles. The van der Waals surface area contributed by atoms with Crippen molar-refractivity contribution in [3.05, 3.63) is 59.1 Å². The highest BCUT2D eigenvalue weighted by molar-refractivity contribution is 6.31. The average molecular weight is 300 g/mol. The van der Waals surface area contributed by atoms with Crippen LogP contribution >= 0.6 is 11.6 Å². The first-order valence-corrected chi connectivity index (χ1v) is 7.63. The fourth-order valence-corrected chi connectivity index (χ4v) is 2.53. The lowest BCUT2D eigenvalue weighted by atomic mass is 10.1. The summed E-state index contributed by atoms with van der Waals surface area (Å²) in [5, 5.41) is 5.16. The first-order chi connectivity index (χ1) is 10.3. The number of benzene rings is 2. The number of halogens is 1. The standard InChI is InChI=1S/C18H18ClNO/c1-2-9-20-12-13-3-5-14(6-4-13)18-11-15-10-16(19)7-8-17(15)21-18/h3-8,10-11,20H,2,9,12H2,1H3. The van der Waals surface area contributed by atoms with E-state index in [1.807, 2.05) is 24.3 Å². The Morgan fingerprint density at radius 2 is 1.86 bits per heavy atom. The molecule has 3 aromatic rings. The topological polar surface area (TPSA) is 25.2 Å². The summed E-state index contributed by atoms with van der Waals surface area (Å²) in [7, 11) is 0. The van der Waals surface area contributed by atoms with E-state index < -0.39 is 0 Å². The minimum Gasteiger partial charge on any atom is -0.456 e. The fraction of sp³-hybridized carbons (Fsp3) is 0.222. The molecule has 0 aliphatic rings. The van der Waals surface area contributed by atoms with Gasteiger partial charge < -0.3 is 9.73 Å². The molecule has 1 N–H and O–H groups in total. The number of nitrogens with one attached hydrogen (secondary N) is 1. The van der Waals surface area contributed by atoms with Crippen LogP contribution in [0.5, 0.6) is 0 Å². The van der Waals surface area contributed by atoms with Crippen LogP contribution in [0.25, 0.3) is 22.3 Å². The van der Waals surface area contributed by atoms with E-state index in [2.05, 4.69) is 36.5 Å². The van der Waals surface area contributed by atoms with Gasteiger partial charge in [-0.15, -0.1) is 0 Å². The van der Waals surface area contributed by atoms with E-state index in [9.17, 15) is 0 Å². The fourth-order valence-electron chi connectivity index (χ4n) is 2.35. The van der Waals surface area contributed by atoms with Crippen molar-refractivity contribution in [2.75, 3.05) is 6.54 Å². The molecule has 0 saturated heterocycles. The molecule has 1 aromatic heterocycles. The average Bonchev–Trinajstić information content (AvgIpc) is 2.91. The summed E-state index contributed by atoms with van der Waals surface area (Å²) in [6.45, 7) is 4.12. The molecular weight excluding hydrogens is 282 g/mol. The van der Waals surface area contributed by atoms with Crippen LogP contribution < -0.4 is 5.32 Å². The van der Waals surface area contributed by atoms with E-state index in [4.69, 9.17) is 16.0 Å². The Hall–Kier alpha value is -1.77. The van der Waals surface area contributed by atoms with Gasteiger partial charge in [0.05, 0.1) is 0 Å². The van der Waals surface area contributed by atoms with Crippen molar-refractivity contribution in [1.82, 2.24) is 5.32 Å². The molecule has 0 unspecified atom stereocenters. The largest absolute Gasteiger partial charge is 0.456 e. The SMILES string of the molecule is CCCNCc1ccc(-c2cc3cc(Cl)ccc3o2)cc1. The summed E-state index contributed by atoms with van der Waals surface area (Å²) in [6, 6.07) is 16.2. The molecular formula is C18H18ClNO. The molecule has 2 nitrogen and oxygen atoms in total. The zero-order chi connectivity index (χ0) is 14.7. The van der Waals surface area contributed by atoms with Gasteiger partial charge in [0.25, 0.3) is 0 Å². The maximum absolute atomic E-state index is 6.01. The molecule has 108 valence electrons. The number of rotatable bonds is 5. The first-order valence-electron chi connectivity index (χ1n) is 7.25. The van der Waals surface area contributed by atoms with Gasteiger partial charge in [-0.2, -0.15) is 0 Å². The lowest BCUT2D eigenvalue weighted by molar-refractivity contribution is 0.631. The van der Waals surface area contributed by atoms with Crippen molar-refractivity contribution in [2.24, 2.45) is 0 Å². The van der Waals surface area contributed by atoms with Gasteiger partial charge in [0, 0.05) is 22.5 Å². The second-order valence-electron chi connectivity index (χ2n) is 5.17. The second kappa shape index (κ2) is 6.33. The molecule has 0 atom stereocenters. The molecule has 2 aromatic carbocycles. The van der Waals surface area contributed by atoms with Crippen LogP contribution in [-0.2, 0) is 6.54 Å². The second-order valence-corrected chi connectivity index (χ2v) is 5.60. The van der Waals surface area contributed by atoms with Gasteiger partial charge in [-0.05, 0) is 42.8 Å². The van der Waals surface area contributed by atoms with E-state index in [-0.39, 0.29) is 0 Å². The van der Waals surface area contributed by atoms with Crippen LogP contribution in [0, 0.1) is 0 Å². The number of furan rings is 1. The van der Waals surface area contributed by atoms with Gasteiger partial charge in [0.2, 0.25) is 0 Å². The lowest BCUT2D eigenvalue weighted by Gasteiger charge is -2.04. The third kappa shape index (κ3) is 3.29. The third-order valence-corrected chi connectivity index (χ3v) is 3.71.